The molecule has 5 nitrogen and oxygen atoms in total. The predicted octanol–water partition coefficient (Wildman–Crippen LogP) is 4.77. The van der Waals surface area contributed by atoms with Crippen molar-refractivity contribution in [2.45, 2.75) is 29.9 Å². The Morgan fingerprint density at radius 3 is 2.41 bits per heavy atom. The first kappa shape index (κ1) is 20.6. The monoisotopic (exact) mass is 405 g/mol. The molecule has 0 aliphatic carbocycles. The Morgan fingerprint density at radius 1 is 0.931 bits per heavy atom. The first-order valence-corrected chi connectivity index (χ1v) is 10.3. The van der Waals surface area contributed by atoms with Gasteiger partial charge in [-0.3, -0.25) is 14.6 Å². The van der Waals surface area contributed by atoms with E-state index in [2.05, 4.69) is 15.6 Å². The SMILES string of the molecule is CCC(Sc1cccc(NC(=O)Cc2ccccc2)c1)C(=O)Nc1ccncc1. The molecule has 0 saturated heterocycles. The van der Waals surface area contributed by atoms with Gasteiger partial charge in [0, 0.05) is 28.7 Å². The summed E-state index contributed by atoms with van der Waals surface area (Å²) in [5.41, 5.74) is 2.42. The normalized spacial score (nSPS) is 11.5. The molecule has 1 unspecified atom stereocenters. The summed E-state index contributed by atoms with van der Waals surface area (Å²) in [6.45, 7) is 1.98. The van der Waals surface area contributed by atoms with Gasteiger partial charge in [0.15, 0.2) is 0 Å². The Morgan fingerprint density at radius 2 is 1.69 bits per heavy atom. The number of rotatable bonds is 8. The average Bonchev–Trinajstić information content (AvgIpc) is 2.73. The summed E-state index contributed by atoms with van der Waals surface area (Å²) < 4.78 is 0. The van der Waals surface area contributed by atoms with E-state index in [0.717, 1.165) is 21.8 Å². The Kier molecular flexibility index (Phi) is 7.41. The van der Waals surface area contributed by atoms with Crippen molar-refractivity contribution in [1.29, 1.82) is 0 Å². The summed E-state index contributed by atoms with van der Waals surface area (Å²) >= 11 is 1.48. The maximum absolute atomic E-state index is 12.6. The third-order valence-electron chi connectivity index (χ3n) is 4.21. The lowest BCUT2D eigenvalue weighted by atomic mass is 10.1. The Bertz CT molecular complexity index is 949. The van der Waals surface area contributed by atoms with Crippen molar-refractivity contribution in [3.63, 3.8) is 0 Å². The maximum atomic E-state index is 12.6. The number of hydrogen-bond acceptors (Lipinski definition) is 4. The highest BCUT2D eigenvalue weighted by atomic mass is 32.2. The zero-order valence-electron chi connectivity index (χ0n) is 16.2. The Labute approximate surface area is 175 Å². The molecule has 2 amide bonds. The molecule has 2 aromatic carbocycles. The number of benzene rings is 2. The fraction of sp³-hybridized carbons (Fsp3) is 0.174. The van der Waals surface area contributed by atoms with Crippen LogP contribution in [0.25, 0.3) is 0 Å². The van der Waals surface area contributed by atoms with E-state index in [4.69, 9.17) is 0 Å². The average molecular weight is 406 g/mol. The third kappa shape index (κ3) is 6.47. The van der Waals surface area contributed by atoms with Crippen molar-refractivity contribution in [2.24, 2.45) is 0 Å². The van der Waals surface area contributed by atoms with E-state index in [9.17, 15) is 9.59 Å². The molecule has 6 heteroatoms. The second kappa shape index (κ2) is 10.4. The molecule has 0 aliphatic rings. The van der Waals surface area contributed by atoms with Gasteiger partial charge in [-0.2, -0.15) is 0 Å². The number of carbonyl (C=O) groups excluding carboxylic acids is 2. The van der Waals surface area contributed by atoms with Gasteiger partial charge in [0.1, 0.15) is 0 Å². The zero-order valence-corrected chi connectivity index (χ0v) is 17.0. The minimum Gasteiger partial charge on any atom is -0.326 e. The molecular weight excluding hydrogens is 382 g/mol. The lowest BCUT2D eigenvalue weighted by Crippen LogP contribution is -2.24. The predicted molar refractivity (Wildman–Crippen MR) is 118 cm³/mol. The van der Waals surface area contributed by atoms with Crippen LogP contribution in [0.3, 0.4) is 0 Å². The van der Waals surface area contributed by atoms with Crippen molar-refractivity contribution in [2.75, 3.05) is 10.6 Å². The van der Waals surface area contributed by atoms with E-state index < -0.39 is 0 Å². The number of amides is 2. The molecule has 29 heavy (non-hydrogen) atoms. The lowest BCUT2D eigenvalue weighted by molar-refractivity contribution is -0.116. The molecule has 2 N–H and O–H groups in total. The van der Waals surface area contributed by atoms with Crippen LogP contribution >= 0.6 is 11.8 Å². The number of thioether (sulfide) groups is 1. The van der Waals surface area contributed by atoms with Crippen LogP contribution in [-0.2, 0) is 16.0 Å². The fourth-order valence-electron chi connectivity index (χ4n) is 2.78. The Hall–Kier alpha value is -3.12. The van der Waals surface area contributed by atoms with E-state index in [1.165, 1.54) is 11.8 Å². The van der Waals surface area contributed by atoms with Crippen molar-refractivity contribution in [3.05, 3.63) is 84.7 Å². The molecule has 0 fully saturated rings. The summed E-state index contributed by atoms with van der Waals surface area (Å²) in [6.07, 6.45) is 4.30. The number of aromatic nitrogens is 1. The number of carbonyl (C=O) groups is 2. The van der Waals surface area contributed by atoms with Gasteiger partial charge in [-0.05, 0) is 42.3 Å². The molecule has 148 valence electrons. The van der Waals surface area contributed by atoms with Gasteiger partial charge < -0.3 is 10.6 Å². The van der Waals surface area contributed by atoms with E-state index in [1.807, 2.05) is 61.5 Å². The molecule has 1 aromatic heterocycles. The molecule has 0 bridgehead atoms. The molecule has 0 saturated carbocycles. The van der Waals surface area contributed by atoms with Crippen LogP contribution in [0, 0.1) is 0 Å². The van der Waals surface area contributed by atoms with Crippen LogP contribution in [0.4, 0.5) is 11.4 Å². The summed E-state index contributed by atoms with van der Waals surface area (Å²) in [5.74, 6) is -0.122. The Balaban J connectivity index is 1.60. The smallest absolute Gasteiger partial charge is 0.237 e. The van der Waals surface area contributed by atoms with Crippen LogP contribution < -0.4 is 10.6 Å². The molecule has 0 spiro atoms. The summed E-state index contributed by atoms with van der Waals surface area (Å²) in [4.78, 5) is 29.8. The van der Waals surface area contributed by atoms with Gasteiger partial charge in [-0.25, -0.2) is 0 Å². The standard InChI is InChI=1S/C23H23N3O2S/c1-2-21(23(28)26-18-11-13-24-14-12-18)29-20-10-6-9-19(16-20)25-22(27)15-17-7-4-3-5-8-17/h3-14,16,21H,2,15H2,1H3,(H,25,27)(H,24,26,28). The number of nitrogens with one attached hydrogen (secondary N) is 2. The minimum atomic E-state index is -0.238. The van der Waals surface area contributed by atoms with E-state index in [-0.39, 0.29) is 17.1 Å². The number of pyridine rings is 1. The van der Waals surface area contributed by atoms with Crippen LogP contribution in [-0.4, -0.2) is 22.0 Å². The highest BCUT2D eigenvalue weighted by Gasteiger charge is 2.18. The van der Waals surface area contributed by atoms with Gasteiger partial charge in [-0.1, -0.05) is 43.3 Å². The molecule has 1 atom stereocenters. The number of anilines is 2. The molecular formula is C23H23N3O2S. The summed E-state index contributed by atoms with van der Waals surface area (Å²) in [6, 6.07) is 20.7. The highest BCUT2D eigenvalue weighted by Crippen LogP contribution is 2.28. The zero-order chi connectivity index (χ0) is 20.5. The summed E-state index contributed by atoms with van der Waals surface area (Å²) in [5, 5.41) is 5.61. The second-order valence-corrected chi connectivity index (χ2v) is 7.75. The number of hydrogen-bond donors (Lipinski definition) is 2. The minimum absolute atomic E-state index is 0.0535. The van der Waals surface area contributed by atoms with Crippen molar-refractivity contribution in [3.8, 4) is 0 Å². The topological polar surface area (TPSA) is 71.1 Å². The molecule has 0 radical (unpaired) electrons. The largest absolute Gasteiger partial charge is 0.326 e. The van der Waals surface area contributed by atoms with Crippen molar-refractivity contribution < 1.29 is 9.59 Å². The van der Waals surface area contributed by atoms with Crippen LogP contribution in [0.2, 0.25) is 0 Å². The fourth-order valence-corrected chi connectivity index (χ4v) is 3.79. The number of nitrogens with zero attached hydrogens (tertiary/aromatic N) is 1. The molecule has 3 rings (SSSR count). The van der Waals surface area contributed by atoms with Crippen LogP contribution in [0.5, 0.6) is 0 Å². The molecule has 3 aromatic rings. The van der Waals surface area contributed by atoms with Crippen molar-refractivity contribution >= 4 is 35.0 Å². The van der Waals surface area contributed by atoms with Crippen LogP contribution in [0.1, 0.15) is 18.9 Å². The quantitative estimate of drug-likeness (QED) is 0.530. The third-order valence-corrected chi connectivity index (χ3v) is 5.57. The highest BCUT2D eigenvalue weighted by molar-refractivity contribution is 8.00. The first-order valence-electron chi connectivity index (χ1n) is 9.45. The molecule has 1 heterocycles. The maximum Gasteiger partial charge on any atom is 0.237 e. The lowest BCUT2D eigenvalue weighted by Gasteiger charge is -2.15. The van der Waals surface area contributed by atoms with Gasteiger partial charge in [0.2, 0.25) is 11.8 Å². The van der Waals surface area contributed by atoms with Crippen LogP contribution in [0.15, 0.2) is 84.0 Å². The van der Waals surface area contributed by atoms with Gasteiger partial charge in [0.05, 0.1) is 11.7 Å². The second-order valence-electron chi connectivity index (χ2n) is 6.48. The van der Waals surface area contributed by atoms with E-state index in [1.54, 1.807) is 24.5 Å². The first-order chi connectivity index (χ1) is 14.1. The summed E-state index contributed by atoms with van der Waals surface area (Å²) in [7, 11) is 0. The van der Waals surface area contributed by atoms with E-state index >= 15 is 0 Å². The van der Waals surface area contributed by atoms with Gasteiger partial charge >= 0.3 is 0 Å². The van der Waals surface area contributed by atoms with Gasteiger partial charge in [0.25, 0.3) is 0 Å². The van der Waals surface area contributed by atoms with E-state index in [0.29, 0.717) is 12.8 Å². The van der Waals surface area contributed by atoms with Gasteiger partial charge in [-0.15, -0.1) is 11.8 Å². The molecule has 0 aliphatic heterocycles. The van der Waals surface area contributed by atoms with Crippen molar-refractivity contribution in [1.82, 2.24) is 4.98 Å².